The van der Waals surface area contributed by atoms with E-state index in [0.717, 1.165) is 12.8 Å². The number of rotatable bonds is 6. The standard InChI is InChI=1S/C13H24N4O3/c1-13(2,12(14)16-20)7-4-8-15-9-5-6-10(18)17(3)11(9)19/h9,15,20H,4-8H2,1-3H3,(H2,14,16). The Morgan fingerprint density at radius 3 is 2.80 bits per heavy atom. The van der Waals surface area contributed by atoms with Crippen molar-refractivity contribution in [1.82, 2.24) is 10.2 Å². The van der Waals surface area contributed by atoms with Crippen molar-refractivity contribution >= 4 is 17.6 Å². The molecule has 0 aromatic rings. The Kier molecular flexibility index (Phi) is 5.50. The molecule has 20 heavy (non-hydrogen) atoms. The van der Waals surface area contributed by atoms with Crippen LogP contribution in [0.1, 0.15) is 39.5 Å². The zero-order chi connectivity index (χ0) is 15.3. The van der Waals surface area contributed by atoms with Gasteiger partial charge in [-0.1, -0.05) is 19.0 Å². The second kappa shape index (κ2) is 6.69. The van der Waals surface area contributed by atoms with E-state index in [4.69, 9.17) is 10.9 Å². The number of nitrogens with one attached hydrogen (secondary N) is 1. The molecule has 0 bridgehead atoms. The van der Waals surface area contributed by atoms with Crippen LogP contribution in [0.5, 0.6) is 0 Å². The molecule has 7 heteroatoms. The second-order valence-corrected chi connectivity index (χ2v) is 5.81. The van der Waals surface area contributed by atoms with Gasteiger partial charge in [-0.25, -0.2) is 0 Å². The van der Waals surface area contributed by atoms with Gasteiger partial charge in [-0.3, -0.25) is 14.5 Å². The number of carbonyl (C=O) groups is 2. The van der Waals surface area contributed by atoms with E-state index in [2.05, 4.69) is 10.5 Å². The van der Waals surface area contributed by atoms with Crippen molar-refractivity contribution < 1.29 is 14.8 Å². The third-order valence-corrected chi connectivity index (χ3v) is 3.82. The number of hydrogen-bond donors (Lipinski definition) is 3. The lowest BCUT2D eigenvalue weighted by Gasteiger charge is -2.29. The van der Waals surface area contributed by atoms with Gasteiger partial charge in [0.2, 0.25) is 11.8 Å². The fourth-order valence-corrected chi connectivity index (χ4v) is 2.18. The number of carbonyl (C=O) groups excluding carboxylic acids is 2. The highest BCUT2D eigenvalue weighted by Gasteiger charge is 2.31. The first kappa shape index (κ1) is 16.4. The van der Waals surface area contributed by atoms with Crippen LogP contribution >= 0.6 is 0 Å². The Labute approximate surface area is 119 Å². The summed E-state index contributed by atoms with van der Waals surface area (Å²) in [6.45, 7) is 4.46. The number of piperidine rings is 1. The number of imide groups is 1. The topological polar surface area (TPSA) is 108 Å². The molecule has 0 aromatic heterocycles. The van der Waals surface area contributed by atoms with Crippen LogP contribution in [0.4, 0.5) is 0 Å². The molecule has 114 valence electrons. The number of nitrogens with zero attached hydrogens (tertiary/aromatic N) is 2. The molecule has 2 amide bonds. The number of likely N-dealkylation sites (tertiary alicyclic amines) is 1. The average molecular weight is 284 g/mol. The van der Waals surface area contributed by atoms with Gasteiger partial charge in [-0.05, 0) is 25.8 Å². The fourth-order valence-electron chi connectivity index (χ4n) is 2.18. The van der Waals surface area contributed by atoms with Crippen molar-refractivity contribution in [1.29, 1.82) is 0 Å². The van der Waals surface area contributed by atoms with Crippen LogP contribution in [-0.4, -0.2) is 47.4 Å². The Bertz CT molecular complexity index is 406. The van der Waals surface area contributed by atoms with Crippen molar-refractivity contribution in [3.63, 3.8) is 0 Å². The van der Waals surface area contributed by atoms with E-state index >= 15 is 0 Å². The lowest BCUT2D eigenvalue weighted by Crippen LogP contribution is -2.51. The summed E-state index contributed by atoms with van der Waals surface area (Å²) < 4.78 is 0. The largest absolute Gasteiger partial charge is 0.409 e. The van der Waals surface area contributed by atoms with Gasteiger partial charge in [-0.15, -0.1) is 0 Å². The van der Waals surface area contributed by atoms with Crippen molar-refractivity contribution in [2.75, 3.05) is 13.6 Å². The van der Waals surface area contributed by atoms with E-state index in [9.17, 15) is 9.59 Å². The third-order valence-electron chi connectivity index (χ3n) is 3.82. The SMILES string of the molecule is CN1C(=O)CCC(NCCCC(C)(C)C(N)=NO)C1=O. The van der Waals surface area contributed by atoms with Crippen LogP contribution in [0.2, 0.25) is 0 Å². The van der Waals surface area contributed by atoms with E-state index in [-0.39, 0.29) is 29.1 Å². The number of amidine groups is 1. The molecular formula is C13H24N4O3. The minimum absolute atomic E-state index is 0.124. The molecule has 1 aliphatic rings. The monoisotopic (exact) mass is 284 g/mol. The molecule has 7 nitrogen and oxygen atoms in total. The molecule has 1 saturated heterocycles. The zero-order valence-electron chi connectivity index (χ0n) is 12.3. The Morgan fingerprint density at radius 1 is 1.55 bits per heavy atom. The number of oxime groups is 1. The van der Waals surface area contributed by atoms with Gasteiger partial charge in [0.1, 0.15) is 5.84 Å². The summed E-state index contributed by atoms with van der Waals surface area (Å²) in [5, 5.41) is 14.9. The fraction of sp³-hybridized carbons (Fsp3) is 0.769. The Morgan fingerprint density at radius 2 is 2.20 bits per heavy atom. The Balaban J connectivity index is 2.35. The lowest BCUT2D eigenvalue weighted by molar-refractivity contribution is -0.148. The molecule has 1 rings (SSSR count). The summed E-state index contributed by atoms with van der Waals surface area (Å²) >= 11 is 0. The van der Waals surface area contributed by atoms with Crippen LogP contribution in [0, 0.1) is 5.41 Å². The number of hydrogen-bond acceptors (Lipinski definition) is 5. The molecule has 0 radical (unpaired) electrons. The van der Waals surface area contributed by atoms with E-state index in [1.807, 2.05) is 13.8 Å². The van der Waals surface area contributed by atoms with Crippen molar-refractivity contribution in [2.24, 2.45) is 16.3 Å². The third kappa shape index (κ3) is 3.93. The maximum Gasteiger partial charge on any atom is 0.246 e. The Hall–Kier alpha value is -1.63. The normalized spacial score (nSPS) is 21.4. The molecule has 1 atom stereocenters. The maximum atomic E-state index is 11.9. The lowest BCUT2D eigenvalue weighted by atomic mass is 9.86. The van der Waals surface area contributed by atoms with Crippen LogP contribution in [-0.2, 0) is 9.59 Å². The molecule has 0 aliphatic carbocycles. The van der Waals surface area contributed by atoms with Crippen LogP contribution < -0.4 is 11.1 Å². The molecule has 1 aliphatic heterocycles. The minimum Gasteiger partial charge on any atom is -0.409 e. The highest BCUT2D eigenvalue weighted by atomic mass is 16.4. The van der Waals surface area contributed by atoms with E-state index in [1.165, 1.54) is 11.9 Å². The number of likely N-dealkylation sites (N-methyl/N-ethyl adjacent to an activating group) is 1. The van der Waals surface area contributed by atoms with Gasteiger partial charge in [0.05, 0.1) is 6.04 Å². The van der Waals surface area contributed by atoms with Gasteiger partial charge < -0.3 is 16.3 Å². The average Bonchev–Trinajstić information content (AvgIpc) is 2.42. The number of amides is 2. The quantitative estimate of drug-likeness (QED) is 0.162. The minimum atomic E-state index is -0.375. The van der Waals surface area contributed by atoms with Crippen molar-refractivity contribution in [2.45, 2.75) is 45.6 Å². The molecule has 1 heterocycles. The molecule has 1 unspecified atom stereocenters. The molecule has 0 aromatic carbocycles. The van der Waals surface area contributed by atoms with Crippen molar-refractivity contribution in [3.05, 3.63) is 0 Å². The first-order valence-corrected chi connectivity index (χ1v) is 6.81. The van der Waals surface area contributed by atoms with Gasteiger partial charge in [-0.2, -0.15) is 0 Å². The predicted octanol–water partition coefficient (Wildman–Crippen LogP) is 0.276. The predicted molar refractivity (Wildman–Crippen MR) is 75.2 cm³/mol. The molecule has 1 fully saturated rings. The first-order chi connectivity index (χ1) is 9.29. The smallest absolute Gasteiger partial charge is 0.246 e. The first-order valence-electron chi connectivity index (χ1n) is 6.81. The van der Waals surface area contributed by atoms with Gasteiger partial charge in [0, 0.05) is 18.9 Å². The summed E-state index contributed by atoms with van der Waals surface area (Å²) in [5.74, 6) is -0.0883. The van der Waals surface area contributed by atoms with Crippen LogP contribution in [0.3, 0.4) is 0 Å². The van der Waals surface area contributed by atoms with Gasteiger partial charge >= 0.3 is 0 Å². The summed E-state index contributed by atoms with van der Waals surface area (Å²) in [7, 11) is 1.51. The molecule has 4 N–H and O–H groups in total. The summed E-state index contributed by atoms with van der Waals surface area (Å²) in [4.78, 5) is 24.4. The molecule has 0 spiro atoms. The van der Waals surface area contributed by atoms with Gasteiger partial charge in [0.15, 0.2) is 0 Å². The summed E-state index contributed by atoms with van der Waals surface area (Å²) in [6.07, 6.45) is 2.48. The summed E-state index contributed by atoms with van der Waals surface area (Å²) in [5.41, 5.74) is 5.24. The highest BCUT2D eigenvalue weighted by Crippen LogP contribution is 2.22. The van der Waals surface area contributed by atoms with Crippen LogP contribution in [0.15, 0.2) is 5.16 Å². The molecular weight excluding hydrogens is 260 g/mol. The molecule has 0 saturated carbocycles. The van der Waals surface area contributed by atoms with E-state index < -0.39 is 0 Å². The second-order valence-electron chi connectivity index (χ2n) is 5.81. The maximum absolute atomic E-state index is 11.9. The van der Waals surface area contributed by atoms with Crippen LogP contribution in [0.25, 0.3) is 0 Å². The van der Waals surface area contributed by atoms with E-state index in [1.54, 1.807) is 0 Å². The van der Waals surface area contributed by atoms with E-state index in [0.29, 0.717) is 19.4 Å². The highest BCUT2D eigenvalue weighted by molar-refractivity contribution is 6.00. The van der Waals surface area contributed by atoms with Gasteiger partial charge in [0.25, 0.3) is 0 Å². The summed E-state index contributed by atoms with van der Waals surface area (Å²) in [6, 6.07) is -0.287. The zero-order valence-corrected chi connectivity index (χ0v) is 12.3. The number of nitrogens with two attached hydrogens (primary N) is 1. The van der Waals surface area contributed by atoms with Crippen molar-refractivity contribution in [3.8, 4) is 0 Å².